The maximum Gasteiger partial charge on any atom is 0.407 e. The number of carbonyl (C=O) groups is 1. The van der Waals surface area contributed by atoms with Crippen molar-refractivity contribution in [1.82, 2.24) is 15.2 Å². The Morgan fingerprint density at radius 2 is 2.48 bits per heavy atom. The summed E-state index contributed by atoms with van der Waals surface area (Å²) in [6.07, 6.45) is -5.58. The number of amides is 1. The van der Waals surface area contributed by atoms with Gasteiger partial charge in [0.25, 0.3) is 0 Å². The molecule has 2 heterocycles. The van der Waals surface area contributed by atoms with Gasteiger partial charge >= 0.3 is 6.09 Å². The van der Waals surface area contributed by atoms with Gasteiger partial charge < -0.3 is 19.9 Å². The number of nitrogens with zero attached hydrogens (tertiary/aromatic N) is 1. The Hall–Kier alpha value is -2.01. The summed E-state index contributed by atoms with van der Waals surface area (Å²) in [7, 11) is 2.88. The number of likely N-dealkylation sites (N-methyl/N-ethyl adjacent to an activating group) is 1. The van der Waals surface area contributed by atoms with Crippen molar-refractivity contribution in [3.63, 3.8) is 0 Å². The van der Waals surface area contributed by atoms with E-state index in [0.29, 0.717) is 4.98 Å². The van der Waals surface area contributed by atoms with E-state index in [2.05, 4.69) is 4.74 Å². The van der Waals surface area contributed by atoms with Crippen LogP contribution in [0.5, 0.6) is 0 Å². The molecule has 3 rings (SSSR count). The van der Waals surface area contributed by atoms with Crippen molar-refractivity contribution >= 4 is 17.0 Å². The van der Waals surface area contributed by atoms with Crippen molar-refractivity contribution in [3.05, 3.63) is 35.4 Å². The van der Waals surface area contributed by atoms with Crippen molar-refractivity contribution in [1.29, 1.82) is 0 Å². The average Bonchev–Trinajstić information content (AvgIpc) is 3.02. The SMILES string of the molecule is [2H]c1c(C([2H])([2H])[C@@H]2N([2H])C(=O)OC2([2H])[2H])c([2H])c2c(CC([2H])([2H])N(C)C)c([2H])n([2H])c2c1[2H]. The van der Waals surface area contributed by atoms with Gasteiger partial charge in [-0.25, -0.2) is 4.79 Å². The fraction of sp³-hybridized carbons (Fsp3) is 0.438. The number of nitrogens with one attached hydrogen (secondary N) is 2. The third-order valence-electron chi connectivity index (χ3n) is 2.74. The van der Waals surface area contributed by atoms with Crippen LogP contribution in [0, 0.1) is 0 Å². The van der Waals surface area contributed by atoms with Crippen LogP contribution in [0.25, 0.3) is 10.9 Å². The van der Waals surface area contributed by atoms with E-state index in [-0.39, 0.29) is 21.8 Å². The van der Waals surface area contributed by atoms with Gasteiger partial charge in [-0.1, -0.05) is 6.04 Å². The second-order valence-corrected chi connectivity index (χ2v) is 4.57. The van der Waals surface area contributed by atoms with Crippen molar-refractivity contribution in [3.8, 4) is 0 Å². The predicted molar refractivity (Wildman–Crippen MR) is 82.5 cm³/mol. The summed E-state index contributed by atoms with van der Waals surface area (Å²) in [5, 5.41) is -0.368. The molecule has 1 aromatic carbocycles. The van der Waals surface area contributed by atoms with E-state index in [1.165, 1.54) is 19.0 Å². The van der Waals surface area contributed by atoms with Gasteiger partial charge in [0.15, 0.2) is 2.82 Å². The maximum absolute atomic E-state index is 11.7. The monoisotopic (exact) mass is 299 g/mol. The molecule has 0 spiro atoms. The van der Waals surface area contributed by atoms with E-state index in [1.807, 2.05) is 0 Å². The molecular formula is C16H21N3O2. The Kier molecular flexibility index (Phi) is 1.55. The summed E-state index contributed by atoms with van der Waals surface area (Å²) in [5.41, 5.74) is -1.37. The molecular weight excluding hydrogens is 266 g/mol. The number of aryl methyl sites for hydroxylation is 1. The number of aromatic nitrogens is 1. The number of aromatic amines is 1. The number of alkyl carbamates (subject to hydrolysis) is 1. The molecule has 5 heteroatoms. The van der Waals surface area contributed by atoms with Gasteiger partial charge in [0.1, 0.15) is 6.56 Å². The molecule has 0 aliphatic carbocycles. The fourth-order valence-corrected chi connectivity index (χ4v) is 1.78. The van der Waals surface area contributed by atoms with Gasteiger partial charge in [0.05, 0.1) is 14.3 Å². The molecule has 0 saturated carbocycles. The molecule has 2 N–H and O–H groups in total. The van der Waals surface area contributed by atoms with Gasteiger partial charge in [0, 0.05) is 29.1 Å². The fourth-order valence-electron chi connectivity index (χ4n) is 1.78. The van der Waals surface area contributed by atoms with E-state index in [4.69, 9.17) is 16.5 Å². The molecule has 21 heavy (non-hydrogen) atoms. The van der Waals surface area contributed by atoms with E-state index in [1.54, 1.807) is 0 Å². The molecule has 0 radical (unpaired) electrons. The van der Waals surface area contributed by atoms with Crippen LogP contribution in [-0.4, -0.2) is 49.2 Å². The molecule has 1 saturated heterocycles. The number of carbonyl (C=O) groups excluding carboxylic acids is 1. The largest absolute Gasteiger partial charge is 0.447 e. The lowest BCUT2D eigenvalue weighted by atomic mass is 10.0. The second-order valence-electron chi connectivity index (χ2n) is 4.57. The minimum Gasteiger partial charge on any atom is -0.447 e. The highest BCUT2D eigenvalue weighted by Crippen LogP contribution is 2.21. The van der Waals surface area contributed by atoms with Crippen LogP contribution in [0.3, 0.4) is 0 Å². The number of ether oxygens (including phenoxy) is 1. The quantitative estimate of drug-likeness (QED) is 0.887. The summed E-state index contributed by atoms with van der Waals surface area (Å²) in [4.78, 5) is 13.4. The van der Waals surface area contributed by atoms with Crippen LogP contribution in [0.4, 0.5) is 4.79 Å². The van der Waals surface area contributed by atoms with Crippen LogP contribution in [0.2, 0.25) is 2.82 Å². The lowest BCUT2D eigenvalue weighted by Gasteiger charge is -2.09. The topological polar surface area (TPSA) is 57.4 Å². The number of cyclic esters (lactones) is 1. The first-order valence-corrected chi connectivity index (χ1v) is 6.19. The van der Waals surface area contributed by atoms with Crippen LogP contribution in [-0.2, 0) is 17.5 Å². The van der Waals surface area contributed by atoms with Crippen LogP contribution in [0.1, 0.15) is 24.8 Å². The summed E-state index contributed by atoms with van der Waals surface area (Å²) in [6, 6.07) is -4.60. The number of hydrogen-bond donors (Lipinski definition) is 2. The highest BCUT2D eigenvalue weighted by atomic mass is 16.6. The van der Waals surface area contributed by atoms with E-state index in [0.717, 1.165) is 0 Å². The molecule has 1 aliphatic heterocycles. The lowest BCUT2D eigenvalue weighted by Crippen LogP contribution is -2.28. The third kappa shape index (κ3) is 3.19. The number of rotatable bonds is 5. The minimum absolute atomic E-state index is 0.0656. The molecule has 112 valence electrons. The second kappa shape index (κ2) is 5.77. The third-order valence-corrected chi connectivity index (χ3v) is 2.74. The summed E-state index contributed by atoms with van der Waals surface area (Å²) >= 11 is 0. The highest BCUT2D eigenvalue weighted by molar-refractivity contribution is 5.84. The van der Waals surface area contributed by atoms with Gasteiger partial charge in [-0.15, -0.1) is 0 Å². The zero-order valence-electron chi connectivity index (χ0n) is 23.4. The summed E-state index contributed by atoms with van der Waals surface area (Å²) in [6.45, 7) is -5.04. The lowest BCUT2D eigenvalue weighted by molar-refractivity contribution is 0.177. The standard InChI is InChI=1S/C16H21N3O2/c1-19(2)6-5-12-9-17-15-4-3-11(8-14(12)15)7-13-10-21-16(20)18-13/h3-4,8-9,13,17H,5-7,10H2,1-2H3,(H,18,20)/t13-/m0/s1/i3D,4D,6D2,7D2,8D,9D,10D2/hD2. The van der Waals surface area contributed by atoms with Gasteiger partial charge in [-0.3, -0.25) is 0 Å². The molecule has 2 aromatic rings. The number of H-pyrrole nitrogens is 1. The summed E-state index contributed by atoms with van der Waals surface area (Å²) < 4.78 is 103. The Bertz CT molecular complexity index is 1150. The van der Waals surface area contributed by atoms with Gasteiger partial charge in [-0.2, -0.15) is 0 Å². The Labute approximate surface area is 141 Å². The van der Waals surface area contributed by atoms with Gasteiger partial charge in [-0.05, 0) is 50.1 Å². The zero-order chi connectivity index (χ0) is 25.4. The van der Waals surface area contributed by atoms with Crippen LogP contribution in [0.15, 0.2) is 24.3 Å². The van der Waals surface area contributed by atoms with Crippen LogP contribution < -0.4 is 5.31 Å². The van der Waals surface area contributed by atoms with Crippen molar-refractivity contribution in [2.24, 2.45) is 0 Å². The Morgan fingerprint density at radius 3 is 3.19 bits per heavy atom. The highest BCUT2D eigenvalue weighted by Gasteiger charge is 2.22. The maximum atomic E-state index is 11.7. The molecule has 1 aliphatic rings. The number of hydrogen-bond acceptors (Lipinski definition) is 3. The van der Waals surface area contributed by atoms with E-state index >= 15 is 0 Å². The van der Waals surface area contributed by atoms with E-state index in [9.17, 15) is 4.79 Å². The van der Waals surface area contributed by atoms with Crippen molar-refractivity contribution < 1.29 is 26.1 Å². The van der Waals surface area contributed by atoms with E-state index < -0.39 is 67.8 Å². The first kappa shape index (κ1) is 5.65. The zero-order valence-corrected chi connectivity index (χ0v) is 11.4. The molecule has 1 aromatic heterocycles. The number of benzene rings is 1. The van der Waals surface area contributed by atoms with Crippen LogP contribution >= 0.6 is 0 Å². The van der Waals surface area contributed by atoms with Gasteiger partial charge in [0.2, 0.25) is 0 Å². The van der Waals surface area contributed by atoms with Crippen molar-refractivity contribution in [2.45, 2.75) is 18.8 Å². The molecule has 0 bridgehead atoms. The summed E-state index contributed by atoms with van der Waals surface area (Å²) in [5.74, 6) is 0. The number of fused-ring (bicyclic) bond motifs is 1. The molecule has 1 fully saturated rings. The van der Waals surface area contributed by atoms with Crippen molar-refractivity contribution in [2.75, 3.05) is 27.2 Å². The smallest absolute Gasteiger partial charge is 0.407 e. The molecule has 0 unspecified atom stereocenters. The Morgan fingerprint density at radius 1 is 1.62 bits per heavy atom. The minimum atomic E-state index is -3.07. The first-order chi connectivity index (χ1) is 14.9. The molecule has 5 nitrogen and oxygen atoms in total. The average molecular weight is 299 g/mol. The Balaban J connectivity index is 2.37. The molecule has 1 amide bonds. The predicted octanol–water partition coefficient (Wildman–Crippen LogP) is 1.92. The molecule has 1 atom stereocenters. The normalized spacial score (nSPS) is 30.7. The first-order valence-electron chi connectivity index (χ1n) is 12.1.